The molecule has 19 heavy (non-hydrogen) atoms. The lowest BCUT2D eigenvalue weighted by Crippen LogP contribution is -2.30. The number of methoxy groups -OCH3 is 1. The van der Waals surface area contributed by atoms with Crippen LogP contribution in [0.2, 0.25) is 0 Å². The van der Waals surface area contributed by atoms with Gasteiger partial charge in [-0.15, -0.1) is 0 Å². The molecule has 0 spiro atoms. The molecule has 2 atom stereocenters. The highest BCUT2D eigenvalue weighted by Crippen LogP contribution is 2.31. The van der Waals surface area contributed by atoms with Gasteiger partial charge < -0.3 is 23.7 Å². The van der Waals surface area contributed by atoms with Crippen molar-refractivity contribution in [2.75, 3.05) is 26.9 Å². The van der Waals surface area contributed by atoms with Crippen molar-refractivity contribution in [1.82, 2.24) is 0 Å². The summed E-state index contributed by atoms with van der Waals surface area (Å²) in [4.78, 5) is 11.7. The lowest BCUT2D eigenvalue weighted by Gasteiger charge is -2.29. The van der Waals surface area contributed by atoms with E-state index in [2.05, 4.69) is 0 Å². The molecule has 0 aliphatic carbocycles. The van der Waals surface area contributed by atoms with Crippen LogP contribution in [-0.4, -0.2) is 45.5 Å². The Morgan fingerprint density at radius 1 is 1.42 bits per heavy atom. The third kappa shape index (κ3) is 3.68. The largest absolute Gasteiger partial charge is 0.472 e. The molecule has 0 aromatic rings. The highest BCUT2D eigenvalue weighted by atomic mass is 16.7. The second-order valence-corrected chi connectivity index (χ2v) is 4.43. The number of carbonyl (C=O) groups excluding carboxylic acids is 1. The summed E-state index contributed by atoms with van der Waals surface area (Å²) in [7, 11) is 1.36. The Morgan fingerprint density at radius 2 is 2.16 bits per heavy atom. The third-order valence-corrected chi connectivity index (χ3v) is 3.21. The van der Waals surface area contributed by atoms with Crippen molar-refractivity contribution in [3.05, 3.63) is 11.8 Å². The average molecular weight is 272 g/mol. The van der Waals surface area contributed by atoms with E-state index in [0.717, 1.165) is 0 Å². The molecule has 2 aliphatic heterocycles. The molecule has 0 amide bonds. The highest BCUT2D eigenvalue weighted by Gasteiger charge is 2.34. The summed E-state index contributed by atoms with van der Waals surface area (Å²) in [5, 5.41) is 0. The van der Waals surface area contributed by atoms with Crippen LogP contribution >= 0.6 is 0 Å². The van der Waals surface area contributed by atoms with Gasteiger partial charge in [0.15, 0.2) is 12.6 Å². The number of hydrogen-bond acceptors (Lipinski definition) is 6. The molecule has 2 aliphatic rings. The van der Waals surface area contributed by atoms with Gasteiger partial charge in [-0.25, -0.2) is 4.79 Å². The van der Waals surface area contributed by atoms with Crippen molar-refractivity contribution in [3.63, 3.8) is 0 Å². The normalized spacial score (nSPS) is 27.8. The van der Waals surface area contributed by atoms with Crippen molar-refractivity contribution in [2.45, 2.75) is 32.3 Å². The summed E-state index contributed by atoms with van der Waals surface area (Å²) >= 11 is 0. The molecule has 0 aromatic carbocycles. The Hall–Kier alpha value is -1.11. The lowest BCUT2D eigenvalue weighted by molar-refractivity contribution is -0.146. The first kappa shape index (κ1) is 14.3. The van der Waals surface area contributed by atoms with Crippen LogP contribution < -0.4 is 0 Å². The molecule has 108 valence electrons. The quantitative estimate of drug-likeness (QED) is 0.701. The van der Waals surface area contributed by atoms with Gasteiger partial charge in [0.25, 0.3) is 0 Å². The minimum Gasteiger partial charge on any atom is -0.472 e. The van der Waals surface area contributed by atoms with Crippen LogP contribution in [-0.2, 0) is 28.5 Å². The predicted molar refractivity (Wildman–Crippen MR) is 65.0 cm³/mol. The minimum absolute atomic E-state index is 0.0409. The van der Waals surface area contributed by atoms with E-state index in [9.17, 15) is 4.79 Å². The van der Waals surface area contributed by atoms with E-state index in [4.69, 9.17) is 23.7 Å². The monoisotopic (exact) mass is 272 g/mol. The molecule has 2 rings (SSSR count). The number of ether oxygens (including phenoxy) is 5. The standard InChI is InChI=1S/C13H20O6/c1-3-16-11-6-9(7-12-17-4-5-18-12)10(8-19-11)13(14)15-2/h8-9,11-12H,3-7H2,1-2H3/t9-,11+/m1/s1. The Kier molecular flexibility index (Phi) is 5.18. The van der Waals surface area contributed by atoms with Crippen LogP contribution in [0.25, 0.3) is 0 Å². The maximum atomic E-state index is 11.7. The molecule has 1 saturated heterocycles. The SMILES string of the molecule is CCO[C@@H]1C[C@H](CC2OCCO2)C(C(=O)OC)=CO1. The first-order valence-corrected chi connectivity index (χ1v) is 6.53. The number of hydrogen-bond donors (Lipinski definition) is 0. The molecule has 0 unspecified atom stereocenters. The van der Waals surface area contributed by atoms with Crippen LogP contribution in [0.4, 0.5) is 0 Å². The Labute approximate surface area is 112 Å². The van der Waals surface area contributed by atoms with Crippen LogP contribution in [0.3, 0.4) is 0 Å². The average Bonchev–Trinajstić information content (AvgIpc) is 2.91. The lowest BCUT2D eigenvalue weighted by atomic mass is 9.91. The Morgan fingerprint density at radius 3 is 2.79 bits per heavy atom. The van der Waals surface area contributed by atoms with E-state index in [1.165, 1.54) is 13.4 Å². The second-order valence-electron chi connectivity index (χ2n) is 4.43. The van der Waals surface area contributed by atoms with E-state index in [0.29, 0.717) is 38.2 Å². The predicted octanol–water partition coefficient (Wildman–Crippen LogP) is 1.21. The minimum atomic E-state index is -0.377. The molecule has 0 radical (unpaired) electrons. The van der Waals surface area contributed by atoms with E-state index in [1.807, 2.05) is 6.92 Å². The van der Waals surface area contributed by atoms with Crippen molar-refractivity contribution in [1.29, 1.82) is 0 Å². The topological polar surface area (TPSA) is 63.2 Å². The van der Waals surface area contributed by atoms with Gasteiger partial charge in [0.05, 0.1) is 32.2 Å². The zero-order valence-electron chi connectivity index (χ0n) is 11.3. The fraction of sp³-hybridized carbons (Fsp3) is 0.769. The summed E-state index contributed by atoms with van der Waals surface area (Å²) in [6, 6.07) is 0. The Balaban J connectivity index is 2.02. The zero-order valence-corrected chi connectivity index (χ0v) is 11.3. The number of carbonyl (C=O) groups is 1. The molecule has 6 nitrogen and oxygen atoms in total. The smallest absolute Gasteiger partial charge is 0.337 e. The van der Waals surface area contributed by atoms with Gasteiger partial charge in [-0.1, -0.05) is 0 Å². The van der Waals surface area contributed by atoms with E-state index < -0.39 is 0 Å². The molecule has 6 heteroatoms. The summed E-state index contributed by atoms with van der Waals surface area (Å²) in [6.45, 7) is 3.66. The van der Waals surface area contributed by atoms with Crippen LogP contribution in [0.1, 0.15) is 19.8 Å². The van der Waals surface area contributed by atoms with Crippen molar-refractivity contribution in [3.8, 4) is 0 Å². The first-order valence-electron chi connectivity index (χ1n) is 6.53. The van der Waals surface area contributed by atoms with Crippen LogP contribution in [0.15, 0.2) is 11.8 Å². The van der Waals surface area contributed by atoms with Gasteiger partial charge in [-0.05, 0) is 6.92 Å². The zero-order chi connectivity index (χ0) is 13.7. The molecule has 0 aromatic heterocycles. The van der Waals surface area contributed by atoms with Crippen LogP contribution in [0.5, 0.6) is 0 Å². The van der Waals surface area contributed by atoms with Gasteiger partial charge in [-0.2, -0.15) is 0 Å². The molecular weight excluding hydrogens is 252 g/mol. The van der Waals surface area contributed by atoms with Crippen molar-refractivity contribution in [2.24, 2.45) is 5.92 Å². The van der Waals surface area contributed by atoms with Crippen molar-refractivity contribution < 1.29 is 28.5 Å². The van der Waals surface area contributed by atoms with Gasteiger partial charge >= 0.3 is 5.97 Å². The molecule has 0 N–H and O–H groups in total. The number of rotatable bonds is 5. The Bertz CT molecular complexity index is 334. The molecule has 1 fully saturated rings. The maximum absolute atomic E-state index is 11.7. The summed E-state index contributed by atoms with van der Waals surface area (Å²) < 4.78 is 26.4. The third-order valence-electron chi connectivity index (χ3n) is 3.21. The molecule has 2 heterocycles. The van der Waals surface area contributed by atoms with Gasteiger partial charge in [0.1, 0.15) is 0 Å². The second kappa shape index (κ2) is 6.88. The van der Waals surface area contributed by atoms with E-state index in [1.54, 1.807) is 0 Å². The van der Waals surface area contributed by atoms with Gasteiger partial charge in [-0.3, -0.25) is 0 Å². The molecule has 0 bridgehead atoms. The molecular formula is C13H20O6. The summed E-state index contributed by atoms with van der Waals surface area (Å²) in [5.41, 5.74) is 0.512. The van der Waals surface area contributed by atoms with E-state index >= 15 is 0 Å². The fourth-order valence-electron chi connectivity index (χ4n) is 2.28. The first-order chi connectivity index (χ1) is 9.24. The summed E-state index contributed by atoms with van der Waals surface area (Å²) in [5.74, 6) is -0.418. The number of esters is 1. The van der Waals surface area contributed by atoms with Crippen LogP contribution in [0, 0.1) is 5.92 Å². The van der Waals surface area contributed by atoms with E-state index in [-0.39, 0.29) is 24.5 Å². The maximum Gasteiger partial charge on any atom is 0.337 e. The highest BCUT2D eigenvalue weighted by molar-refractivity contribution is 5.88. The van der Waals surface area contributed by atoms with Gasteiger partial charge in [0.2, 0.25) is 0 Å². The summed E-state index contributed by atoms with van der Waals surface area (Å²) in [6.07, 6.45) is 2.05. The molecule has 0 saturated carbocycles. The van der Waals surface area contributed by atoms with Crippen molar-refractivity contribution >= 4 is 5.97 Å². The fourth-order valence-corrected chi connectivity index (χ4v) is 2.28. The van der Waals surface area contributed by atoms with Gasteiger partial charge in [0, 0.05) is 25.4 Å².